The first-order chi connectivity index (χ1) is 17.7. The summed E-state index contributed by atoms with van der Waals surface area (Å²) in [6, 6.07) is 14.8. The van der Waals surface area contributed by atoms with Gasteiger partial charge in [-0.1, -0.05) is 30.0 Å². The van der Waals surface area contributed by atoms with E-state index in [1.165, 1.54) is 18.7 Å². The fourth-order valence-corrected chi connectivity index (χ4v) is 4.15. The summed E-state index contributed by atoms with van der Waals surface area (Å²) in [4.78, 5) is 38.9. The number of carbonyl (C=O) groups excluding carboxylic acids is 2. The topological polar surface area (TPSA) is 150 Å². The quantitative estimate of drug-likeness (QED) is 0.257. The third-order valence-electron chi connectivity index (χ3n) is 5.21. The predicted octanol–water partition coefficient (Wildman–Crippen LogP) is 2.85. The van der Waals surface area contributed by atoms with E-state index in [1.54, 1.807) is 24.3 Å². The summed E-state index contributed by atoms with van der Waals surface area (Å²) in [7, 11) is 3.92. The molecule has 3 rings (SSSR count). The molecule has 0 saturated heterocycles. The van der Waals surface area contributed by atoms with Crippen LogP contribution in [0.15, 0.2) is 47.6 Å². The molecule has 0 radical (unpaired) electrons. The van der Waals surface area contributed by atoms with Gasteiger partial charge in [-0.25, -0.2) is 9.97 Å². The highest BCUT2D eigenvalue weighted by Gasteiger charge is 2.15. The molecule has 0 aliphatic carbocycles. The Kier molecular flexibility index (Phi) is 9.94. The number of anilines is 2. The van der Waals surface area contributed by atoms with E-state index in [4.69, 9.17) is 5.73 Å². The average molecular weight is 519 g/mol. The molecule has 2 aromatic heterocycles. The van der Waals surface area contributed by atoms with Crippen LogP contribution in [0.25, 0.3) is 11.3 Å². The SMILES string of the molecule is CC(=O)Nc1ccc(-c2nc(SCc3cccc(CCC(=O)NCCN(C)C)n3)nc(N)c2C#N)cc1. The van der Waals surface area contributed by atoms with E-state index < -0.39 is 0 Å². The van der Waals surface area contributed by atoms with Gasteiger partial charge >= 0.3 is 0 Å². The molecule has 2 amide bonds. The Morgan fingerprint density at radius 1 is 1.08 bits per heavy atom. The Morgan fingerprint density at radius 3 is 2.49 bits per heavy atom. The van der Waals surface area contributed by atoms with Gasteiger partial charge in [-0.05, 0) is 44.8 Å². The first-order valence-electron chi connectivity index (χ1n) is 11.7. The van der Waals surface area contributed by atoms with Gasteiger partial charge in [-0.2, -0.15) is 5.26 Å². The Labute approximate surface area is 220 Å². The Bertz CT molecular complexity index is 1290. The molecule has 0 spiro atoms. The summed E-state index contributed by atoms with van der Waals surface area (Å²) in [5.74, 6) is 0.427. The maximum atomic E-state index is 12.1. The monoisotopic (exact) mass is 518 g/mol. The molecule has 3 aromatic rings. The second-order valence-corrected chi connectivity index (χ2v) is 9.49. The molecule has 192 valence electrons. The highest BCUT2D eigenvalue weighted by atomic mass is 32.2. The van der Waals surface area contributed by atoms with Crippen molar-refractivity contribution in [1.82, 2.24) is 25.2 Å². The van der Waals surface area contributed by atoms with Gasteiger partial charge in [0.2, 0.25) is 11.8 Å². The lowest BCUT2D eigenvalue weighted by Crippen LogP contribution is -2.31. The highest BCUT2D eigenvalue weighted by Crippen LogP contribution is 2.29. The van der Waals surface area contributed by atoms with Gasteiger partial charge in [-0.15, -0.1) is 0 Å². The van der Waals surface area contributed by atoms with Crippen molar-refractivity contribution < 1.29 is 9.59 Å². The maximum absolute atomic E-state index is 12.1. The normalized spacial score (nSPS) is 10.7. The Balaban J connectivity index is 1.67. The summed E-state index contributed by atoms with van der Waals surface area (Å²) in [6.45, 7) is 2.85. The molecule has 0 aliphatic heterocycles. The number of pyridine rings is 1. The Hall–Kier alpha value is -4.01. The summed E-state index contributed by atoms with van der Waals surface area (Å²) in [6.07, 6.45) is 0.918. The number of rotatable bonds is 11. The number of likely N-dealkylation sites (N-methyl/N-ethyl adjacent to an activating group) is 1. The molecule has 0 bridgehead atoms. The number of nitrogens with zero attached hydrogens (tertiary/aromatic N) is 5. The number of thioether (sulfide) groups is 1. The number of hydrogen-bond acceptors (Lipinski definition) is 9. The fraction of sp³-hybridized carbons (Fsp3) is 0.308. The standard InChI is InChI=1S/C26H30N8O2S/c1-17(35)30-20-9-7-18(8-10-20)24-22(15-27)25(28)33-26(32-24)37-16-21-6-4-5-19(31-21)11-12-23(36)29-13-14-34(2)3/h4-10H,11-14,16H2,1-3H3,(H,29,36)(H,30,35)(H2,28,32,33). The van der Waals surface area contributed by atoms with Crippen molar-refractivity contribution in [2.45, 2.75) is 30.7 Å². The van der Waals surface area contributed by atoms with E-state index in [-0.39, 0.29) is 23.2 Å². The van der Waals surface area contributed by atoms with Crippen LogP contribution in [0.1, 0.15) is 30.3 Å². The second-order valence-electron chi connectivity index (χ2n) is 8.55. The molecule has 1 aromatic carbocycles. The number of aryl methyl sites for hydroxylation is 1. The number of nitrogens with two attached hydrogens (primary N) is 1. The molecule has 0 fully saturated rings. The van der Waals surface area contributed by atoms with E-state index in [2.05, 4.69) is 31.7 Å². The molecule has 37 heavy (non-hydrogen) atoms. The van der Waals surface area contributed by atoms with E-state index in [0.717, 1.165) is 17.9 Å². The molecular formula is C26H30N8O2S. The van der Waals surface area contributed by atoms with Gasteiger partial charge in [0.15, 0.2) is 5.16 Å². The first-order valence-corrected chi connectivity index (χ1v) is 12.7. The lowest BCUT2D eigenvalue weighted by Gasteiger charge is -2.10. The zero-order valence-electron chi connectivity index (χ0n) is 21.1. The largest absolute Gasteiger partial charge is 0.382 e. The minimum absolute atomic E-state index is 0.00234. The lowest BCUT2D eigenvalue weighted by molar-refractivity contribution is -0.121. The van der Waals surface area contributed by atoms with Crippen LogP contribution in [0.3, 0.4) is 0 Å². The highest BCUT2D eigenvalue weighted by molar-refractivity contribution is 7.98. The van der Waals surface area contributed by atoms with E-state index in [9.17, 15) is 14.9 Å². The van der Waals surface area contributed by atoms with Crippen molar-refractivity contribution in [3.63, 3.8) is 0 Å². The van der Waals surface area contributed by atoms with Crippen molar-refractivity contribution in [3.8, 4) is 17.3 Å². The van der Waals surface area contributed by atoms with Crippen LogP contribution in [0.5, 0.6) is 0 Å². The minimum atomic E-state index is -0.170. The van der Waals surface area contributed by atoms with Crippen LogP contribution < -0.4 is 16.4 Å². The van der Waals surface area contributed by atoms with Gasteiger partial charge < -0.3 is 21.3 Å². The van der Waals surface area contributed by atoms with Crippen molar-refractivity contribution >= 4 is 35.1 Å². The van der Waals surface area contributed by atoms with E-state index in [0.29, 0.717) is 47.2 Å². The number of nitriles is 1. The summed E-state index contributed by atoms with van der Waals surface area (Å²) < 4.78 is 0. The lowest BCUT2D eigenvalue weighted by atomic mass is 10.1. The molecule has 0 unspecified atom stereocenters. The van der Waals surface area contributed by atoms with Crippen LogP contribution in [-0.2, 0) is 21.8 Å². The molecule has 0 aliphatic rings. The zero-order chi connectivity index (χ0) is 26.8. The number of benzene rings is 1. The smallest absolute Gasteiger partial charge is 0.221 e. The van der Waals surface area contributed by atoms with Crippen molar-refractivity contribution in [2.75, 3.05) is 38.2 Å². The number of nitrogens with one attached hydrogen (secondary N) is 2. The summed E-state index contributed by atoms with van der Waals surface area (Å²) >= 11 is 1.36. The third-order valence-corrected chi connectivity index (χ3v) is 6.09. The maximum Gasteiger partial charge on any atom is 0.221 e. The number of amides is 2. The minimum Gasteiger partial charge on any atom is -0.382 e. The third kappa shape index (κ3) is 8.56. The van der Waals surface area contributed by atoms with Crippen LogP contribution in [0.2, 0.25) is 0 Å². The van der Waals surface area contributed by atoms with Crippen molar-refractivity contribution in [3.05, 3.63) is 59.4 Å². The van der Waals surface area contributed by atoms with Gasteiger partial charge in [0.05, 0.1) is 11.4 Å². The van der Waals surface area contributed by atoms with E-state index in [1.807, 2.05) is 37.2 Å². The predicted molar refractivity (Wildman–Crippen MR) is 145 cm³/mol. The average Bonchev–Trinajstić information content (AvgIpc) is 2.86. The second kappa shape index (κ2) is 13.3. The van der Waals surface area contributed by atoms with Crippen LogP contribution in [0.4, 0.5) is 11.5 Å². The number of hydrogen-bond donors (Lipinski definition) is 3. The Morgan fingerprint density at radius 2 is 1.81 bits per heavy atom. The van der Waals surface area contributed by atoms with Gasteiger partial charge in [-0.3, -0.25) is 14.6 Å². The molecule has 11 heteroatoms. The molecule has 4 N–H and O–H groups in total. The number of aromatic nitrogens is 3. The molecule has 0 saturated carbocycles. The van der Waals surface area contributed by atoms with Gasteiger partial charge in [0.1, 0.15) is 17.5 Å². The van der Waals surface area contributed by atoms with Crippen LogP contribution >= 0.6 is 11.8 Å². The molecule has 10 nitrogen and oxygen atoms in total. The molecule has 2 heterocycles. The van der Waals surface area contributed by atoms with Gasteiger partial charge in [0, 0.05) is 49.1 Å². The van der Waals surface area contributed by atoms with Crippen molar-refractivity contribution in [1.29, 1.82) is 5.26 Å². The fourth-order valence-electron chi connectivity index (χ4n) is 3.39. The van der Waals surface area contributed by atoms with Crippen molar-refractivity contribution in [2.24, 2.45) is 0 Å². The van der Waals surface area contributed by atoms with Crippen LogP contribution in [0, 0.1) is 11.3 Å². The molecular weight excluding hydrogens is 488 g/mol. The van der Waals surface area contributed by atoms with E-state index >= 15 is 0 Å². The number of carbonyl (C=O) groups is 2. The number of nitrogen functional groups attached to an aromatic ring is 1. The first kappa shape index (κ1) is 27.6. The summed E-state index contributed by atoms with van der Waals surface area (Å²) in [5.41, 5.74) is 9.68. The van der Waals surface area contributed by atoms with Crippen LogP contribution in [-0.4, -0.2) is 58.9 Å². The van der Waals surface area contributed by atoms with Gasteiger partial charge in [0.25, 0.3) is 0 Å². The zero-order valence-corrected chi connectivity index (χ0v) is 21.9. The summed E-state index contributed by atoms with van der Waals surface area (Å²) in [5, 5.41) is 15.6. The molecule has 0 atom stereocenters.